The van der Waals surface area contributed by atoms with Gasteiger partial charge in [-0.25, -0.2) is 4.79 Å². The SMILES string of the molecule is CCOC(=O)N1CCN(CC(=O)N[C@@H](Cc2ccccc2)C(C)=O)CC1. The van der Waals surface area contributed by atoms with Crippen molar-refractivity contribution in [2.24, 2.45) is 0 Å². The molecule has 1 aliphatic rings. The maximum Gasteiger partial charge on any atom is 0.409 e. The summed E-state index contributed by atoms with van der Waals surface area (Å²) in [5, 5.41) is 2.83. The first-order valence-electron chi connectivity index (χ1n) is 8.97. The summed E-state index contributed by atoms with van der Waals surface area (Å²) in [5.41, 5.74) is 1.01. The highest BCUT2D eigenvalue weighted by Crippen LogP contribution is 2.06. The molecule has 0 aliphatic carbocycles. The zero-order valence-corrected chi connectivity index (χ0v) is 15.4. The molecule has 1 fully saturated rings. The number of hydrogen-bond donors (Lipinski definition) is 1. The zero-order valence-electron chi connectivity index (χ0n) is 15.4. The van der Waals surface area contributed by atoms with Crippen LogP contribution in [0.25, 0.3) is 0 Å². The lowest BCUT2D eigenvalue weighted by molar-refractivity contribution is -0.127. The van der Waals surface area contributed by atoms with Crippen LogP contribution >= 0.6 is 0 Å². The first-order chi connectivity index (χ1) is 12.5. The smallest absolute Gasteiger partial charge is 0.409 e. The molecule has 2 rings (SSSR count). The monoisotopic (exact) mass is 361 g/mol. The summed E-state index contributed by atoms with van der Waals surface area (Å²) in [4.78, 5) is 39.5. The van der Waals surface area contributed by atoms with Gasteiger partial charge in [-0.1, -0.05) is 30.3 Å². The Morgan fingerprint density at radius 2 is 1.77 bits per heavy atom. The maximum absolute atomic E-state index is 12.3. The van der Waals surface area contributed by atoms with E-state index in [1.807, 2.05) is 35.2 Å². The molecule has 7 heteroatoms. The molecule has 7 nitrogen and oxygen atoms in total. The van der Waals surface area contributed by atoms with Gasteiger partial charge in [-0.2, -0.15) is 0 Å². The van der Waals surface area contributed by atoms with Gasteiger partial charge in [0, 0.05) is 26.2 Å². The lowest BCUT2D eigenvalue weighted by Crippen LogP contribution is -2.52. The highest BCUT2D eigenvalue weighted by atomic mass is 16.6. The Kier molecular flexibility index (Phi) is 7.59. The number of nitrogens with one attached hydrogen (secondary N) is 1. The second-order valence-corrected chi connectivity index (χ2v) is 6.38. The number of nitrogens with zero attached hydrogens (tertiary/aromatic N) is 2. The Hall–Kier alpha value is -2.41. The minimum absolute atomic E-state index is 0.0608. The summed E-state index contributed by atoms with van der Waals surface area (Å²) < 4.78 is 4.98. The number of rotatable bonds is 7. The van der Waals surface area contributed by atoms with Gasteiger partial charge in [0.1, 0.15) is 0 Å². The Labute approximate surface area is 154 Å². The fraction of sp³-hybridized carbons (Fsp3) is 0.526. The van der Waals surface area contributed by atoms with E-state index in [4.69, 9.17) is 4.74 Å². The first kappa shape index (κ1) is 19.9. The zero-order chi connectivity index (χ0) is 18.9. The van der Waals surface area contributed by atoms with Crippen molar-refractivity contribution in [1.29, 1.82) is 0 Å². The molecular weight excluding hydrogens is 334 g/mol. The van der Waals surface area contributed by atoms with Crippen LogP contribution in [0.15, 0.2) is 30.3 Å². The van der Waals surface area contributed by atoms with Crippen molar-refractivity contribution in [3.63, 3.8) is 0 Å². The second-order valence-electron chi connectivity index (χ2n) is 6.38. The second kappa shape index (κ2) is 9.91. The Bertz CT molecular complexity index is 612. The number of Topliss-reactive ketones (excluding diaryl/α,β-unsaturated/α-hetero) is 1. The molecule has 0 radical (unpaired) electrons. The maximum atomic E-state index is 12.3. The molecule has 1 N–H and O–H groups in total. The average Bonchev–Trinajstić information content (AvgIpc) is 2.62. The highest BCUT2D eigenvalue weighted by Gasteiger charge is 2.24. The molecule has 26 heavy (non-hydrogen) atoms. The van der Waals surface area contributed by atoms with E-state index in [0.717, 1.165) is 5.56 Å². The number of ketones is 1. The number of carbonyl (C=O) groups is 3. The minimum atomic E-state index is -0.522. The minimum Gasteiger partial charge on any atom is -0.450 e. The third-order valence-electron chi connectivity index (χ3n) is 4.37. The van der Waals surface area contributed by atoms with E-state index in [1.54, 1.807) is 11.8 Å². The summed E-state index contributed by atoms with van der Waals surface area (Å²) in [7, 11) is 0. The predicted octanol–water partition coefficient (Wildman–Crippen LogP) is 1.08. The van der Waals surface area contributed by atoms with Crippen molar-refractivity contribution in [2.45, 2.75) is 26.3 Å². The quantitative estimate of drug-likeness (QED) is 0.786. The van der Waals surface area contributed by atoms with Crippen LogP contribution in [-0.2, 0) is 20.7 Å². The summed E-state index contributed by atoms with van der Waals surface area (Å²) in [6.45, 7) is 6.12. The van der Waals surface area contributed by atoms with E-state index in [9.17, 15) is 14.4 Å². The molecule has 0 saturated carbocycles. The van der Waals surface area contributed by atoms with E-state index < -0.39 is 6.04 Å². The fourth-order valence-electron chi connectivity index (χ4n) is 2.89. The molecule has 0 spiro atoms. The third-order valence-corrected chi connectivity index (χ3v) is 4.37. The number of ether oxygens (including phenoxy) is 1. The standard InChI is InChI=1S/C19H27N3O4/c1-3-26-19(25)22-11-9-21(10-12-22)14-18(24)20-17(15(2)23)13-16-7-5-4-6-8-16/h4-8,17H,3,9-14H2,1-2H3,(H,20,24)/t17-/m0/s1. The van der Waals surface area contributed by atoms with E-state index >= 15 is 0 Å². The number of piperazine rings is 1. The number of benzene rings is 1. The van der Waals surface area contributed by atoms with Gasteiger partial charge in [-0.15, -0.1) is 0 Å². The van der Waals surface area contributed by atoms with E-state index in [0.29, 0.717) is 39.2 Å². The fourth-order valence-corrected chi connectivity index (χ4v) is 2.89. The molecule has 142 valence electrons. The summed E-state index contributed by atoms with van der Waals surface area (Å²) in [6.07, 6.45) is 0.176. The molecule has 1 aromatic rings. The highest BCUT2D eigenvalue weighted by molar-refractivity contribution is 5.88. The van der Waals surface area contributed by atoms with Crippen LogP contribution in [0.2, 0.25) is 0 Å². The van der Waals surface area contributed by atoms with Crippen molar-refractivity contribution in [1.82, 2.24) is 15.1 Å². The Balaban J connectivity index is 1.80. The van der Waals surface area contributed by atoms with Gasteiger partial charge in [0.15, 0.2) is 5.78 Å². The van der Waals surface area contributed by atoms with Crippen LogP contribution in [0.5, 0.6) is 0 Å². The van der Waals surface area contributed by atoms with Gasteiger partial charge in [-0.3, -0.25) is 14.5 Å². The van der Waals surface area contributed by atoms with Crippen molar-refractivity contribution in [2.75, 3.05) is 39.3 Å². The van der Waals surface area contributed by atoms with Crippen LogP contribution in [0, 0.1) is 0 Å². The summed E-state index contributed by atoms with van der Waals surface area (Å²) in [5.74, 6) is -0.236. The molecule has 0 bridgehead atoms. The molecule has 0 aromatic heterocycles. The van der Waals surface area contributed by atoms with E-state index in [-0.39, 0.29) is 24.3 Å². The van der Waals surface area contributed by atoms with Crippen LogP contribution < -0.4 is 5.32 Å². The lowest BCUT2D eigenvalue weighted by atomic mass is 10.0. The average molecular weight is 361 g/mol. The molecular formula is C19H27N3O4. The van der Waals surface area contributed by atoms with Crippen LogP contribution in [0.1, 0.15) is 19.4 Å². The van der Waals surface area contributed by atoms with Crippen molar-refractivity contribution in [3.8, 4) is 0 Å². The normalized spacial score (nSPS) is 16.0. The molecule has 1 saturated heterocycles. The largest absolute Gasteiger partial charge is 0.450 e. The molecule has 1 heterocycles. The molecule has 1 atom stereocenters. The van der Waals surface area contributed by atoms with Crippen LogP contribution in [-0.4, -0.2) is 73.0 Å². The van der Waals surface area contributed by atoms with E-state index in [2.05, 4.69) is 5.32 Å². The summed E-state index contributed by atoms with van der Waals surface area (Å²) >= 11 is 0. The Morgan fingerprint density at radius 3 is 2.35 bits per heavy atom. The predicted molar refractivity (Wildman–Crippen MR) is 97.8 cm³/mol. The topological polar surface area (TPSA) is 79.0 Å². The van der Waals surface area contributed by atoms with E-state index in [1.165, 1.54) is 6.92 Å². The number of hydrogen-bond acceptors (Lipinski definition) is 5. The number of amides is 2. The lowest BCUT2D eigenvalue weighted by Gasteiger charge is -2.33. The van der Waals surface area contributed by atoms with Crippen molar-refractivity contribution < 1.29 is 19.1 Å². The van der Waals surface area contributed by atoms with Gasteiger partial charge in [0.25, 0.3) is 0 Å². The molecule has 1 aliphatic heterocycles. The molecule has 0 unspecified atom stereocenters. The molecule has 2 amide bonds. The summed E-state index contributed by atoms with van der Waals surface area (Å²) in [6, 6.07) is 9.11. The van der Waals surface area contributed by atoms with Gasteiger partial charge in [0.05, 0.1) is 19.2 Å². The van der Waals surface area contributed by atoms with Gasteiger partial charge in [0.2, 0.25) is 5.91 Å². The third kappa shape index (κ3) is 6.15. The van der Waals surface area contributed by atoms with Crippen molar-refractivity contribution >= 4 is 17.8 Å². The van der Waals surface area contributed by atoms with Crippen LogP contribution in [0.3, 0.4) is 0 Å². The number of carbonyl (C=O) groups excluding carboxylic acids is 3. The van der Waals surface area contributed by atoms with Crippen LogP contribution in [0.4, 0.5) is 4.79 Å². The first-order valence-corrected chi connectivity index (χ1v) is 8.97. The molecule has 1 aromatic carbocycles. The Morgan fingerprint density at radius 1 is 1.12 bits per heavy atom. The van der Waals surface area contributed by atoms with Crippen molar-refractivity contribution in [3.05, 3.63) is 35.9 Å². The van der Waals surface area contributed by atoms with Gasteiger partial charge < -0.3 is 15.0 Å². The van der Waals surface area contributed by atoms with Gasteiger partial charge in [-0.05, 0) is 25.8 Å². The van der Waals surface area contributed by atoms with Gasteiger partial charge >= 0.3 is 6.09 Å².